The van der Waals surface area contributed by atoms with Gasteiger partial charge in [0, 0.05) is 19.1 Å². The van der Waals surface area contributed by atoms with E-state index in [0.717, 1.165) is 0 Å². The minimum atomic E-state index is -3.16. The smallest absolute Gasteiger partial charge is 0.223 e. The minimum Gasteiger partial charge on any atom is -0.490 e. The molecular weight excluding hydrogens is 323 g/mol. The molecule has 1 heterocycles. The molecule has 128 valence electrons. The number of amides is 1. The summed E-state index contributed by atoms with van der Waals surface area (Å²) in [4.78, 5) is 11.8. The van der Waals surface area contributed by atoms with Crippen molar-refractivity contribution in [2.75, 3.05) is 26.0 Å². The van der Waals surface area contributed by atoms with Crippen LogP contribution in [-0.2, 0) is 14.8 Å². The van der Waals surface area contributed by atoms with Crippen LogP contribution in [0.2, 0.25) is 0 Å². The van der Waals surface area contributed by atoms with Crippen LogP contribution in [0, 0.1) is 5.82 Å². The van der Waals surface area contributed by atoms with Crippen LogP contribution in [0.5, 0.6) is 5.75 Å². The van der Waals surface area contributed by atoms with Gasteiger partial charge in [-0.05, 0) is 25.0 Å². The van der Waals surface area contributed by atoms with Gasteiger partial charge in [-0.25, -0.2) is 17.1 Å². The first-order chi connectivity index (χ1) is 10.9. The molecule has 2 rings (SSSR count). The number of hydrogen-bond acceptors (Lipinski definition) is 4. The van der Waals surface area contributed by atoms with Crippen molar-refractivity contribution in [1.29, 1.82) is 0 Å². The highest BCUT2D eigenvalue weighted by Gasteiger charge is 2.25. The predicted molar refractivity (Wildman–Crippen MR) is 84.1 cm³/mol. The first-order valence-electron chi connectivity index (χ1n) is 7.48. The summed E-state index contributed by atoms with van der Waals surface area (Å²) in [5.41, 5.74) is 0. The Balaban J connectivity index is 1.69. The Morgan fingerprint density at radius 3 is 2.61 bits per heavy atom. The maximum absolute atomic E-state index is 13.3. The van der Waals surface area contributed by atoms with E-state index in [-0.39, 0.29) is 30.7 Å². The van der Waals surface area contributed by atoms with Gasteiger partial charge in [-0.1, -0.05) is 12.1 Å². The van der Waals surface area contributed by atoms with Crippen molar-refractivity contribution in [3.05, 3.63) is 30.1 Å². The average Bonchev–Trinajstić information content (AvgIpc) is 2.49. The zero-order valence-electron chi connectivity index (χ0n) is 13.0. The minimum absolute atomic E-state index is 0.0334. The Hall–Kier alpha value is -1.67. The molecule has 0 bridgehead atoms. The number of piperidine rings is 1. The number of ether oxygens (including phenoxy) is 1. The SMILES string of the molecule is CS(=O)(=O)N1CCC(NC(=O)CCOc2ccccc2F)CC1. The van der Waals surface area contributed by atoms with E-state index in [9.17, 15) is 17.6 Å². The van der Waals surface area contributed by atoms with Crippen molar-refractivity contribution >= 4 is 15.9 Å². The van der Waals surface area contributed by atoms with Crippen molar-refractivity contribution in [2.24, 2.45) is 0 Å². The molecule has 23 heavy (non-hydrogen) atoms. The molecule has 0 aromatic heterocycles. The summed E-state index contributed by atoms with van der Waals surface area (Å²) in [6.07, 6.45) is 2.49. The molecule has 1 fully saturated rings. The van der Waals surface area contributed by atoms with Crippen LogP contribution in [0.3, 0.4) is 0 Å². The van der Waals surface area contributed by atoms with Crippen LogP contribution < -0.4 is 10.1 Å². The highest BCUT2D eigenvalue weighted by Crippen LogP contribution is 2.16. The highest BCUT2D eigenvalue weighted by molar-refractivity contribution is 7.88. The molecule has 6 nitrogen and oxygen atoms in total. The van der Waals surface area contributed by atoms with E-state index in [2.05, 4.69) is 5.32 Å². The fourth-order valence-corrected chi connectivity index (χ4v) is 3.32. The van der Waals surface area contributed by atoms with Gasteiger partial charge in [0.25, 0.3) is 0 Å². The molecule has 0 atom stereocenters. The Labute approximate surface area is 135 Å². The van der Waals surface area contributed by atoms with E-state index in [1.807, 2.05) is 0 Å². The van der Waals surface area contributed by atoms with E-state index in [4.69, 9.17) is 4.74 Å². The van der Waals surface area contributed by atoms with E-state index in [1.165, 1.54) is 22.7 Å². The second-order valence-electron chi connectivity index (χ2n) is 5.53. The third kappa shape index (κ3) is 5.47. The molecule has 1 aromatic rings. The lowest BCUT2D eigenvalue weighted by atomic mass is 10.1. The summed E-state index contributed by atoms with van der Waals surface area (Å²) >= 11 is 0. The molecule has 1 amide bonds. The maximum Gasteiger partial charge on any atom is 0.223 e. The number of carbonyl (C=O) groups excluding carboxylic acids is 1. The molecule has 1 aromatic carbocycles. The average molecular weight is 344 g/mol. The van der Waals surface area contributed by atoms with Gasteiger partial charge >= 0.3 is 0 Å². The van der Waals surface area contributed by atoms with Gasteiger partial charge in [-0.15, -0.1) is 0 Å². The van der Waals surface area contributed by atoms with Gasteiger partial charge in [-0.3, -0.25) is 4.79 Å². The van der Waals surface area contributed by atoms with E-state index in [1.54, 1.807) is 12.1 Å². The number of nitrogens with zero attached hydrogens (tertiary/aromatic N) is 1. The topological polar surface area (TPSA) is 75.7 Å². The van der Waals surface area contributed by atoms with Crippen molar-refractivity contribution in [2.45, 2.75) is 25.3 Å². The zero-order valence-corrected chi connectivity index (χ0v) is 13.8. The molecule has 0 spiro atoms. The van der Waals surface area contributed by atoms with Crippen LogP contribution >= 0.6 is 0 Å². The van der Waals surface area contributed by atoms with Gasteiger partial charge in [0.2, 0.25) is 15.9 Å². The largest absolute Gasteiger partial charge is 0.490 e. The molecule has 1 aliphatic heterocycles. The quantitative estimate of drug-likeness (QED) is 0.839. The van der Waals surface area contributed by atoms with Crippen molar-refractivity contribution in [3.8, 4) is 5.75 Å². The van der Waals surface area contributed by atoms with Crippen LogP contribution in [0.25, 0.3) is 0 Å². The number of para-hydroxylation sites is 1. The molecule has 0 unspecified atom stereocenters. The molecule has 0 radical (unpaired) electrons. The number of halogens is 1. The Kier molecular flexibility index (Phi) is 5.95. The first-order valence-corrected chi connectivity index (χ1v) is 9.33. The van der Waals surface area contributed by atoms with Crippen molar-refractivity contribution in [3.63, 3.8) is 0 Å². The lowest BCUT2D eigenvalue weighted by Crippen LogP contribution is -2.46. The van der Waals surface area contributed by atoms with Crippen LogP contribution in [0.1, 0.15) is 19.3 Å². The molecule has 8 heteroatoms. The normalized spacial score (nSPS) is 17.0. The summed E-state index contributed by atoms with van der Waals surface area (Å²) in [5.74, 6) is -0.512. The number of rotatable bonds is 6. The van der Waals surface area contributed by atoms with Crippen LogP contribution in [0.4, 0.5) is 4.39 Å². The molecule has 0 aliphatic carbocycles. The number of benzene rings is 1. The summed E-state index contributed by atoms with van der Waals surface area (Å²) in [7, 11) is -3.16. The number of nitrogens with one attached hydrogen (secondary N) is 1. The third-order valence-electron chi connectivity index (χ3n) is 3.71. The number of carbonyl (C=O) groups is 1. The molecule has 0 saturated carbocycles. The van der Waals surface area contributed by atoms with Crippen molar-refractivity contribution in [1.82, 2.24) is 9.62 Å². The van der Waals surface area contributed by atoms with Gasteiger partial charge in [0.15, 0.2) is 11.6 Å². The monoisotopic (exact) mass is 344 g/mol. The second kappa shape index (κ2) is 7.74. The Bertz CT molecular complexity index is 643. The van der Waals surface area contributed by atoms with E-state index in [0.29, 0.717) is 25.9 Å². The number of sulfonamides is 1. The highest BCUT2D eigenvalue weighted by atomic mass is 32.2. The standard InChI is InChI=1S/C15H21FN2O4S/c1-23(20,21)18-9-6-12(7-10-18)17-15(19)8-11-22-14-5-3-2-4-13(14)16/h2-5,12H,6-11H2,1H3,(H,17,19). The lowest BCUT2D eigenvalue weighted by molar-refractivity contribution is -0.122. The molecule has 1 aliphatic rings. The fourth-order valence-electron chi connectivity index (χ4n) is 2.45. The summed E-state index contributed by atoms with van der Waals surface area (Å²) in [6, 6.07) is 6.00. The van der Waals surface area contributed by atoms with Gasteiger partial charge in [0.05, 0.1) is 19.3 Å². The molecule has 1 saturated heterocycles. The molecular formula is C15H21FN2O4S. The third-order valence-corrected chi connectivity index (χ3v) is 5.01. The molecule has 1 N–H and O–H groups in total. The summed E-state index contributed by atoms with van der Waals surface area (Å²) in [5, 5.41) is 2.86. The van der Waals surface area contributed by atoms with Crippen LogP contribution in [-0.4, -0.2) is 50.6 Å². The van der Waals surface area contributed by atoms with E-state index >= 15 is 0 Å². The van der Waals surface area contributed by atoms with E-state index < -0.39 is 15.8 Å². The Morgan fingerprint density at radius 1 is 1.35 bits per heavy atom. The predicted octanol–water partition coefficient (Wildman–Crippen LogP) is 1.13. The van der Waals surface area contributed by atoms with Crippen molar-refractivity contribution < 1.29 is 22.3 Å². The summed E-state index contributed by atoms with van der Waals surface area (Å²) in [6.45, 7) is 0.917. The van der Waals surface area contributed by atoms with Gasteiger partial charge in [-0.2, -0.15) is 0 Å². The fraction of sp³-hybridized carbons (Fsp3) is 0.533. The van der Waals surface area contributed by atoms with Crippen LogP contribution in [0.15, 0.2) is 24.3 Å². The zero-order chi connectivity index (χ0) is 16.9. The number of hydrogen-bond donors (Lipinski definition) is 1. The summed E-state index contributed by atoms with van der Waals surface area (Å²) < 4.78 is 42.8. The van der Waals surface area contributed by atoms with Gasteiger partial charge in [0.1, 0.15) is 0 Å². The maximum atomic E-state index is 13.3. The van der Waals surface area contributed by atoms with Gasteiger partial charge < -0.3 is 10.1 Å². The second-order valence-corrected chi connectivity index (χ2v) is 7.52. The first kappa shape index (κ1) is 17.7. The lowest BCUT2D eigenvalue weighted by Gasteiger charge is -2.30. The Morgan fingerprint density at radius 2 is 2.00 bits per heavy atom.